The molecule has 1 fully saturated rings. The third kappa shape index (κ3) is 27.5. The number of hydrogen-bond donors (Lipinski definition) is 1. The maximum absolute atomic E-state index is 12.0. The van der Waals surface area contributed by atoms with E-state index in [1.165, 1.54) is 116 Å². The average molecular weight is 669 g/mol. The monoisotopic (exact) mass is 668 g/mol. The zero-order valence-corrected chi connectivity index (χ0v) is 30.2. The van der Waals surface area contributed by atoms with Gasteiger partial charge in [-0.25, -0.2) is 4.57 Å². The molecule has 0 saturated carbocycles. The number of phosphoric acid groups is 1. The van der Waals surface area contributed by atoms with Crippen LogP contribution in [0.4, 0.5) is 0 Å². The van der Waals surface area contributed by atoms with Gasteiger partial charge < -0.3 is 14.4 Å². The fraction of sp³-hybridized carbons (Fsp3) is 1.00. The zero-order chi connectivity index (χ0) is 32.9. The molecular weight excluding hydrogens is 599 g/mol. The van der Waals surface area contributed by atoms with E-state index in [9.17, 15) is 9.46 Å². The zero-order valence-electron chi connectivity index (χ0n) is 29.3. The van der Waals surface area contributed by atoms with Crippen molar-refractivity contribution in [3.8, 4) is 0 Å². The first-order valence-corrected chi connectivity index (χ1v) is 19.9. The van der Waals surface area contributed by atoms with Crippen molar-refractivity contribution in [3.05, 3.63) is 0 Å². The second-order valence-corrected chi connectivity index (χ2v) is 15.0. The first-order chi connectivity index (χ1) is 21.7. The van der Waals surface area contributed by atoms with Crippen molar-refractivity contribution in [2.45, 2.75) is 188 Å². The molecule has 0 aliphatic carbocycles. The van der Waals surface area contributed by atoms with Crippen LogP contribution >= 0.6 is 7.82 Å². The molecule has 0 aromatic heterocycles. The molecule has 1 heterocycles. The predicted octanol–water partition coefficient (Wildman–Crippen LogP) is 11.2. The quantitative estimate of drug-likeness (QED) is 0.0343. The van der Waals surface area contributed by atoms with E-state index in [0.717, 1.165) is 50.4 Å². The fourth-order valence-electron chi connectivity index (χ4n) is 5.45. The van der Waals surface area contributed by atoms with E-state index in [4.69, 9.17) is 18.9 Å². The van der Waals surface area contributed by atoms with E-state index in [-0.39, 0.29) is 13.2 Å². The second-order valence-electron chi connectivity index (χ2n) is 13.6. The maximum Gasteiger partial charge on any atom is 0.502 e. The van der Waals surface area contributed by atoms with Crippen molar-refractivity contribution in [1.29, 1.82) is 0 Å². The summed E-state index contributed by atoms with van der Waals surface area (Å²) in [4.78, 5) is 14.9. The lowest BCUT2D eigenvalue weighted by Gasteiger charge is -2.29. The Balaban J connectivity index is 2.20. The summed E-state index contributed by atoms with van der Waals surface area (Å²) in [5.74, 6) is -0.251. The lowest BCUT2D eigenvalue weighted by Crippen LogP contribution is -2.44. The lowest BCUT2D eigenvalue weighted by molar-refractivity contribution is -0.725. The van der Waals surface area contributed by atoms with Gasteiger partial charge in [0.25, 0.3) is 0 Å². The molecule has 1 rings (SSSR count). The van der Waals surface area contributed by atoms with Gasteiger partial charge in [-0.1, -0.05) is 174 Å². The third-order valence-corrected chi connectivity index (χ3v) is 8.95. The Bertz CT molecular complexity index is 658. The van der Waals surface area contributed by atoms with Gasteiger partial charge in [0, 0.05) is 0 Å². The Morgan fingerprint density at radius 1 is 0.556 bits per heavy atom. The van der Waals surface area contributed by atoms with Crippen molar-refractivity contribution in [2.75, 3.05) is 19.8 Å². The smallest absolute Gasteiger partial charge is 0.324 e. The van der Waals surface area contributed by atoms with E-state index in [0.29, 0.717) is 0 Å². The third-order valence-electron chi connectivity index (χ3n) is 8.24. The fourth-order valence-corrected chi connectivity index (χ4v) is 5.92. The highest BCUT2D eigenvalue weighted by Gasteiger charge is 2.42. The summed E-state index contributed by atoms with van der Waals surface area (Å²) in [6.45, 7) is 9.20. The van der Waals surface area contributed by atoms with E-state index in [1.54, 1.807) is 0 Å². The average Bonchev–Trinajstić information content (AvgIpc) is 3.06. The minimum Gasteiger partial charge on any atom is -0.324 e. The van der Waals surface area contributed by atoms with Crippen LogP contribution in [-0.4, -0.2) is 30.7 Å². The van der Waals surface area contributed by atoms with Gasteiger partial charge in [0.15, 0.2) is 0 Å². The Morgan fingerprint density at radius 3 is 1.29 bits per heavy atom. The highest BCUT2D eigenvalue weighted by atomic mass is 31.2. The van der Waals surface area contributed by atoms with Crippen molar-refractivity contribution >= 4 is 7.82 Å². The number of unbranched alkanes of at least 4 members (excludes halogenated alkanes) is 20. The molecule has 1 unspecified atom stereocenters. The van der Waals surface area contributed by atoms with Gasteiger partial charge in [-0.05, 0) is 39.8 Å². The molecule has 11 heteroatoms. The summed E-state index contributed by atoms with van der Waals surface area (Å²) in [7, 11) is -4.58. The molecule has 10 nitrogen and oxygen atoms in total. The lowest BCUT2D eigenvalue weighted by atomic mass is 10.0. The van der Waals surface area contributed by atoms with Crippen molar-refractivity contribution in [1.82, 2.24) is 0 Å². The van der Waals surface area contributed by atoms with Crippen LogP contribution in [0.2, 0.25) is 0 Å². The molecule has 270 valence electrons. The molecule has 1 aliphatic heterocycles. The van der Waals surface area contributed by atoms with E-state index >= 15 is 0 Å². The number of ether oxygens (including phenoxy) is 2. The van der Waals surface area contributed by atoms with Crippen LogP contribution < -0.4 is 0 Å². The summed E-state index contributed by atoms with van der Waals surface area (Å²) >= 11 is 0. The summed E-state index contributed by atoms with van der Waals surface area (Å²) < 4.78 is 32.8. The SMILES string of the molecule is CC(C)CCCCCCCCCCCCCOC1(OCCCCCCCCCCCCCC(C)C)COP(=O)(O)OOOOO1. The molecule has 0 radical (unpaired) electrons. The summed E-state index contributed by atoms with van der Waals surface area (Å²) in [5, 5.41) is 12.7. The van der Waals surface area contributed by atoms with E-state index in [1.807, 2.05) is 0 Å². The normalized spacial score (nSPS) is 19.2. The summed E-state index contributed by atoms with van der Waals surface area (Å²) in [6, 6.07) is 0. The molecule has 1 N–H and O–H groups in total. The van der Waals surface area contributed by atoms with Crippen molar-refractivity contribution < 1.29 is 48.1 Å². The molecule has 0 amide bonds. The molecule has 1 atom stereocenters. The van der Waals surface area contributed by atoms with Crippen LogP contribution in [-0.2, 0) is 43.2 Å². The standard InChI is InChI=1S/C34H69O10P/c1-32(2)27-23-19-15-11-7-5-9-13-17-21-25-29-37-34(31-39-45(35,36)44-43-42-41-40-34)38-30-26-22-18-14-10-6-8-12-16-20-24-28-33(3)4/h32-33H,5-31H2,1-4H3,(H,35,36). The van der Waals surface area contributed by atoms with Crippen molar-refractivity contribution in [3.63, 3.8) is 0 Å². The Labute approximate surface area is 275 Å². The van der Waals surface area contributed by atoms with E-state index < -0.39 is 20.4 Å². The maximum atomic E-state index is 12.0. The number of phosphoric ester groups is 1. The van der Waals surface area contributed by atoms with Gasteiger partial charge in [0.1, 0.15) is 6.61 Å². The molecule has 0 aromatic rings. The van der Waals surface area contributed by atoms with Gasteiger partial charge >= 0.3 is 13.8 Å². The van der Waals surface area contributed by atoms with Crippen LogP contribution in [0.25, 0.3) is 0 Å². The highest BCUT2D eigenvalue weighted by molar-refractivity contribution is 7.47. The molecule has 1 aliphatic rings. The first-order valence-electron chi connectivity index (χ1n) is 18.4. The largest absolute Gasteiger partial charge is 0.502 e. The molecule has 45 heavy (non-hydrogen) atoms. The van der Waals surface area contributed by atoms with Crippen LogP contribution in [0.15, 0.2) is 0 Å². The van der Waals surface area contributed by atoms with Crippen molar-refractivity contribution in [2.24, 2.45) is 11.8 Å². The van der Waals surface area contributed by atoms with Crippen LogP contribution in [0.3, 0.4) is 0 Å². The van der Waals surface area contributed by atoms with Gasteiger partial charge in [-0.3, -0.25) is 4.52 Å². The van der Waals surface area contributed by atoms with Gasteiger partial charge in [-0.15, -0.1) is 4.89 Å². The van der Waals surface area contributed by atoms with Crippen LogP contribution in [0.5, 0.6) is 0 Å². The van der Waals surface area contributed by atoms with Crippen LogP contribution in [0, 0.1) is 11.8 Å². The van der Waals surface area contributed by atoms with Gasteiger partial charge in [0.05, 0.1) is 13.2 Å². The molecule has 1 saturated heterocycles. The Hall–Kier alpha value is -0.130. The molecule has 0 bridgehead atoms. The van der Waals surface area contributed by atoms with Gasteiger partial charge in [-0.2, -0.15) is 0 Å². The highest BCUT2D eigenvalue weighted by Crippen LogP contribution is 2.45. The molecule has 0 aromatic carbocycles. The van der Waals surface area contributed by atoms with Crippen LogP contribution in [0.1, 0.15) is 182 Å². The summed E-state index contributed by atoms with van der Waals surface area (Å²) in [6.07, 6.45) is 29.5. The molecular formula is C34H69O10P. The minimum atomic E-state index is -4.58. The second kappa shape index (κ2) is 28.8. The first kappa shape index (κ1) is 42.9. The molecule has 0 spiro atoms. The predicted molar refractivity (Wildman–Crippen MR) is 176 cm³/mol. The number of rotatable bonds is 30. The Morgan fingerprint density at radius 2 is 0.911 bits per heavy atom. The van der Waals surface area contributed by atoms with E-state index in [2.05, 4.69) is 47.5 Å². The minimum absolute atomic E-state index is 0.290. The number of hydrogen-bond acceptors (Lipinski definition) is 9. The topological polar surface area (TPSA) is 111 Å². The summed E-state index contributed by atoms with van der Waals surface area (Å²) in [5.41, 5.74) is 0. The Kier molecular flexibility index (Phi) is 27.5. The van der Waals surface area contributed by atoms with Gasteiger partial charge in [0.2, 0.25) is 0 Å².